The van der Waals surface area contributed by atoms with Crippen molar-refractivity contribution in [1.29, 1.82) is 0 Å². The highest BCUT2D eigenvalue weighted by Crippen LogP contribution is 2.21. The summed E-state index contributed by atoms with van der Waals surface area (Å²) in [5.74, 6) is 0.366. The summed E-state index contributed by atoms with van der Waals surface area (Å²) in [7, 11) is -1.55. The minimum atomic E-state index is -3.53. The Morgan fingerprint density at radius 3 is 2.40 bits per heavy atom. The number of hydrogen-bond donors (Lipinski definition) is 1. The lowest BCUT2D eigenvalue weighted by molar-refractivity contribution is 0.102. The van der Waals surface area contributed by atoms with E-state index in [4.69, 9.17) is 4.74 Å². The third kappa shape index (κ3) is 5.38. The van der Waals surface area contributed by atoms with E-state index < -0.39 is 10.0 Å². The van der Waals surface area contributed by atoms with Gasteiger partial charge in [0.15, 0.2) is 0 Å². The van der Waals surface area contributed by atoms with Gasteiger partial charge in [-0.05, 0) is 62.9 Å². The SMILES string of the molecule is CCC(C)Oc1cccc(C(=O)Nc2ccc(S(=O)(=O)N3CCN(C)CC3)cc2)c1. The van der Waals surface area contributed by atoms with Crippen molar-refractivity contribution in [3.8, 4) is 5.75 Å². The molecule has 0 spiro atoms. The number of nitrogens with one attached hydrogen (secondary N) is 1. The molecule has 1 unspecified atom stereocenters. The van der Waals surface area contributed by atoms with Crippen LogP contribution in [-0.2, 0) is 10.0 Å². The van der Waals surface area contributed by atoms with E-state index in [-0.39, 0.29) is 16.9 Å². The van der Waals surface area contributed by atoms with Gasteiger partial charge in [0.1, 0.15) is 5.75 Å². The molecule has 0 radical (unpaired) electrons. The summed E-state index contributed by atoms with van der Waals surface area (Å²) in [6.07, 6.45) is 0.943. The molecule has 1 amide bonds. The summed E-state index contributed by atoms with van der Waals surface area (Å²) in [5, 5.41) is 2.81. The molecule has 3 rings (SSSR count). The van der Waals surface area contributed by atoms with Gasteiger partial charge in [-0.1, -0.05) is 13.0 Å². The summed E-state index contributed by atoms with van der Waals surface area (Å²) in [4.78, 5) is 14.9. The molecule has 1 atom stereocenters. The number of piperazine rings is 1. The van der Waals surface area contributed by atoms with Crippen molar-refractivity contribution < 1.29 is 17.9 Å². The smallest absolute Gasteiger partial charge is 0.255 e. The van der Waals surface area contributed by atoms with Crippen LogP contribution in [0.15, 0.2) is 53.4 Å². The van der Waals surface area contributed by atoms with Crippen LogP contribution in [0.2, 0.25) is 0 Å². The van der Waals surface area contributed by atoms with Crippen molar-refractivity contribution in [3.63, 3.8) is 0 Å². The van der Waals surface area contributed by atoms with Crippen LogP contribution in [0.3, 0.4) is 0 Å². The Morgan fingerprint density at radius 2 is 1.77 bits per heavy atom. The molecule has 30 heavy (non-hydrogen) atoms. The number of sulfonamides is 1. The normalized spacial score (nSPS) is 16.8. The zero-order valence-electron chi connectivity index (χ0n) is 17.7. The van der Waals surface area contributed by atoms with E-state index in [0.29, 0.717) is 43.2 Å². The Balaban J connectivity index is 1.67. The first kappa shape index (κ1) is 22.3. The Morgan fingerprint density at radius 1 is 1.10 bits per heavy atom. The van der Waals surface area contributed by atoms with E-state index in [9.17, 15) is 13.2 Å². The summed E-state index contributed by atoms with van der Waals surface area (Å²) < 4.78 is 32.9. The van der Waals surface area contributed by atoms with Gasteiger partial charge in [0.05, 0.1) is 11.0 Å². The second-order valence-electron chi connectivity index (χ2n) is 7.55. The predicted molar refractivity (Wildman–Crippen MR) is 117 cm³/mol. The average Bonchev–Trinajstić information content (AvgIpc) is 2.74. The van der Waals surface area contributed by atoms with Crippen LogP contribution in [0.25, 0.3) is 0 Å². The molecular formula is C22H29N3O4S. The van der Waals surface area contributed by atoms with Crippen LogP contribution in [0.4, 0.5) is 5.69 Å². The summed E-state index contributed by atoms with van der Waals surface area (Å²) in [6, 6.07) is 13.3. The van der Waals surface area contributed by atoms with E-state index in [1.165, 1.54) is 16.4 Å². The number of ether oxygens (including phenoxy) is 1. The van der Waals surface area contributed by atoms with Gasteiger partial charge in [0.2, 0.25) is 10.0 Å². The summed E-state index contributed by atoms with van der Waals surface area (Å²) >= 11 is 0. The van der Waals surface area contributed by atoms with E-state index in [0.717, 1.165) is 6.42 Å². The molecule has 2 aromatic carbocycles. The van der Waals surface area contributed by atoms with Crippen LogP contribution in [0, 0.1) is 0 Å². The van der Waals surface area contributed by atoms with Crippen molar-refractivity contribution in [2.45, 2.75) is 31.3 Å². The number of anilines is 1. The van der Waals surface area contributed by atoms with Crippen LogP contribution in [0.5, 0.6) is 5.75 Å². The highest BCUT2D eigenvalue weighted by molar-refractivity contribution is 7.89. The highest BCUT2D eigenvalue weighted by Gasteiger charge is 2.27. The fourth-order valence-electron chi connectivity index (χ4n) is 3.12. The molecule has 0 aliphatic carbocycles. The molecule has 1 N–H and O–H groups in total. The minimum Gasteiger partial charge on any atom is -0.491 e. The maximum Gasteiger partial charge on any atom is 0.255 e. The number of amides is 1. The maximum absolute atomic E-state index is 12.8. The third-order valence-corrected chi connectivity index (χ3v) is 7.13. The van der Waals surface area contributed by atoms with Crippen molar-refractivity contribution in [3.05, 3.63) is 54.1 Å². The molecule has 1 heterocycles. The molecule has 8 heteroatoms. The van der Waals surface area contributed by atoms with Gasteiger partial charge < -0.3 is 15.0 Å². The Labute approximate surface area is 178 Å². The lowest BCUT2D eigenvalue weighted by Crippen LogP contribution is -2.46. The van der Waals surface area contributed by atoms with E-state index in [2.05, 4.69) is 10.2 Å². The number of carbonyl (C=O) groups excluding carboxylic acids is 1. The molecular weight excluding hydrogens is 402 g/mol. The topological polar surface area (TPSA) is 78.9 Å². The molecule has 1 fully saturated rings. The van der Waals surface area contributed by atoms with Gasteiger partial charge in [0.25, 0.3) is 5.91 Å². The molecule has 7 nitrogen and oxygen atoms in total. The summed E-state index contributed by atoms with van der Waals surface area (Å²) in [6.45, 7) is 6.40. The van der Waals surface area contributed by atoms with Gasteiger partial charge in [0, 0.05) is 37.4 Å². The van der Waals surface area contributed by atoms with Crippen molar-refractivity contribution in [1.82, 2.24) is 9.21 Å². The molecule has 162 valence electrons. The number of nitrogens with zero attached hydrogens (tertiary/aromatic N) is 2. The number of rotatable bonds is 7. The molecule has 0 bridgehead atoms. The second-order valence-corrected chi connectivity index (χ2v) is 9.49. The Bertz CT molecular complexity index is 968. The second kappa shape index (κ2) is 9.59. The first-order valence-electron chi connectivity index (χ1n) is 10.2. The Kier molecular flexibility index (Phi) is 7.12. The quantitative estimate of drug-likeness (QED) is 0.729. The summed E-state index contributed by atoms with van der Waals surface area (Å²) in [5.41, 5.74) is 1.01. The average molecular weight is 432 g/mol. The van der Waals surface area contributed by atoms with E-state index in [1.807, 2.05) is 27.0 Å². The Hall–Kier alpha value is -2.42. The number of likely N-dealkylation sites (N-methyl/N-ethyl adjacent to an activating group) is 1. The molecule has 1 aliphatic rings. The van der Waals surface area contributed by atoms with Crippen molar-refractivity contribution >= 4 is 21.6 Å². The zero-order chi connectivity index (χ0) is 21.7. The van der Waals surface area contributed by atoms with E-state index in [1.54, 1.807) is 30.3 Å². The minimum absolute atomic E-state index is 0.0677. The van der Waals surface area contributed by atoms with Gasteiger partial charge in [-0.25, -0.2) is 8.42 Å². The number of benzene rings is 2. The number of carbonyl (C=O) groups is 1. The molecule has 1 saturated heterocycles. The molecule has 0 saturated carbocycles. The highest BCUT2D eigenvalue weighted by atomic mass is 32.2. The van der Waals surface area contributed by atoms with Crippen LogP contribution >= 0.6 is 0 Å². The monoisotopic (exact) mass is 431 g/mol. The van der Waals surface area contributed by atoms with Crippen LogP contribution in [0.1, 0.15) is 30.6 Å². The number of hydrogen-bond acceptors (Lipinski definition) is 5. The first-order valence-corrected chi connectivity index (χ1v) is 11.6. The van der Waals surface area contributed by atoms with Crippen LogP contribution in [-0.4, -0.2) is 62.9 Å². The van der Waals surface area contributed by atoms with Crippen LogP contribution < -0.4 is 10.1 Å². The van der Waals surface area contributed by atoms with Gasteiger partial charge in [-0.3, -0.25) is 4.79 Å². The lowest BCUT2D eigenvalue weighted by Gasteiger charge is -2.31. The molecule has 1 aliphatic heterocycles. The van der Waals surface area contributed by atoms with Gasteiger partial charge in [-0.2, -0.15) is 4.31 Å². The lowest BCUT2D eigenvalue weighted by atomic mass is 10.2. The van der Waals surface area contributed by atoms with E-state index >= 15 is 0 Å². The van der Waals surface area contributed by atoms with Crippen molar-refractivity contribution in [2.75, 3.05) is 38.5 Å². The first-order chi connectivity index (χ1) is 14.3. The zero-order valence-corrected chi connectivity index (χ0v) is 18.5. The molecule has 2 aromatic rings. The maximum atomic E-state index is 12.8. The van der Waals surface area contributed by atoms with Gasteiger partial charge in [-0.15, -0.1) is 0 Å². The van der Waals surface area contributed by atoms with Gasteiger partial charge >= 0.3 is 0 Å². The fourth-order valence-corrected chi connectivity index (χ4v) is 4.54. The standard InChI is InChI=1S/C22H29N3O4S/c1-4-17(2)29-20-7-5-6-18(16-20)22(26)23-19-8-10-21(11-9-19)30(27,28)25-14-12-24(3)13-15-25/h5-11,16-17H,4,12-15H2,1-3H3,(H,23,26). The fraction of sp³-hybridized carbons (Fsp3) is 0.409. The van der Waals surface area contributed by atoms with Crippen molar-refractivity contribution in [2.24, 2.45) is 0 Å². The third-order valence-electron chi connectivity index (χ3n) is 5.22. The predicted octanol–water partition coefficient (Wildman–Crippen LogP) is 3.05. The largest absolute Gasteiger partial charge is 0.491 e. The molecule has 0 aromatic heterocycles.